The standard InChI is InChI=1S/C30H45N5O6S2.H2S/c1-19(2)41-29(37)33-22-13-14-24(26(16-22)43(38,39)34-30(3,4)5)25-17-31-27(42-25)20-9-11-21(12-10-20)32-28(36)40-18-23-8-7-15-35(23)6;/h13-14,16-17,19-21,23,34H,7-12,15,18H2,1-6H3,(H,32,36)(H,33,37);1H2/t20?,21?,23-;/m0./s1. The summed E-state index contributed by atoms with van der Waals surface area (Å²) in [7, 11) is -1.88. The molecule has 1 aromatic carbocycles. The predicted molar refractivity (Wildman–Crippen MR) is 178 cm³/mol. The fourth-order valence-electron chi connectivity index (χ4n) is 5.50. The van der Waals surface area contributed by atoms with Gasteiger partial charge in [-0.2, -0.15) is 13.5 Å². The van der Waals surface area contributed by atoms with E-state index in [0.29, 0.717) is 23.9 Å². The van der Waals surface area contributed by atoms with Gasteiger partial charge in [0.1, 0.15) is 6.61 Å². The van der Waals surface area contributed by atoms with E-state index in [1.807, 2.05) is 0 Å². The van der Waals surface area contributed by atoms with Gasteiger partial charge in [-0.3, -0.25) is 5.32 Å². The van der Waals surface area contributed by atoms with E-state index in [-0.39, 0.29) is 42.5 Å². The highest BCUT2D eigenvalue weighted by molar-refractivity contribution is 7.89. The SMILES string of the molecule is CC(C)OC(=O)Nc1ccc(-c2cnc(C3CCC(NC(=O)OC[C@@H]4CCCN4C)CC3)s2)c(S(=O)(=O)NC(C)(C)C)c1.S. The van der Waals surface area contributed by atoms with Gasteiger partial charge in [-0.15, -0.1) is 11.3 Å². The summed E-state index contributed by atoms with van der Waals surface area (Å²) in [6.45, 7) is 10.3. The number of hydrogen-bond donors (Lipinski definition) is 3. The number of sulfonamides is 1. The molecule has 2 fully saturated rings. The Morgan fingerprint density at radius 1 is 1.11 bits per heavy atom. The predicted octanol–water partition coefficient (Wildman–Crippen LogP) is 5.80. The Morgan fingerprint density at radius 2 is 1.82 bits per heavy atom. The maximum absolute atomic E-state index is 13.5. The van der Waals surface area contributed by atoms with Crippen molar-refractivity contribution in [1.29, 1.82) is 0 Å². The molecule has 2 aliphatic rings. The number of nitrogens with one attached hydrogen (secondary N) is 3. The fraction of sp³-hybridized carbons (Fsp3) is 0.633. The van der Waals surface area contributed by atoms with Crippen LogP contribution in [-0.2, 0) is 19.5 Å². The summed E-state index contributed by atoms with van der Waals surface area (Å²) in [5.74, 6) is 0.222. The largest absolute Gasteiger partial charge is 0.448 e. The molecule has 1 saturated heterocycles. The van der Waals surface area contributed by atoms with Gasteiger partial charge in [-0.1, -0.05) is 6.07 Å². The molecule has 1 aromatic heterocycles. The van der Waals surface area contributed by atoms with Crippen molar-refractivity contribution in [2.45, 2.75) is 108 Å². The van der Waals surface area contributed by atoms with E-state index >= 15 is 0 Å². The highest BCUT2D eigenvalue weighted by Gasteiger charge is 2.30. The van der Waals surface area contributed by atoms with Crippen LogP contribution in [0.5, 0.6) is 0 Å². The first-order valence-electron chi connectivity index (χ1n) is 15.0. The topological polar surface area (TPSA) is 139 Å². The van der Waals surface area contributed by atoms with Crippen LogP contribution in [0.15, 0.2) is 29.3 Å². The van der Waals surface area contributed by atoms with Crippen molar-refractivity contribution in [3.05, 3.63) is 29.4 Å². The molecule has 1 atom stereocenters. The van der Waals surface area contributed by atoms with Crippen LogP contribution in [0, 0.1) is 0 Å². The molecule has 1 saturated carbocycles. The molecule has 2 amide bonds. The average Bonchev–Trinajstić information content (AvgIpc) is 3.55. The van der Waals surface area contributed by atoms with E-state index in [1.54, 1.807) is 52.9 Å². The molecule has 246 valence electrons. The summed E-state index contributed by atoms with van der Waals surface area (Å²) < 4.78 is 40.4. The van der Waals surface area contributed by atoms with Gasteiger partial charge in [-0.05, 0) is 98.9 Å². The quantitative estimate of drug-likeness (QED) is 0.305. The molecule has 0 radical (unpaired) electrons. The van der Waals surface area contributed by atoms with Crippen molar-refractivity contribution in [2.75, 3.05) is 25.5 Å². The molecule has 0 spiro atoms. The summed E-state index contributed by atoms with van der Waals surface area (Å²) in [5.41, 5.74) is 0.114. The lowest BCUT2D eigenvalue weighted by atomic mass is 9.86. The molecule has 1 aliphatic heterocycles. The van der Waals surface area contributed by atoms with E-state index in [1.165, 1.54) is 17.4 Å². The molecule has 4 rings (SSSR count). The van der Waals surface area contributed by atoms with Crippen LogP contribution in [0.2, 0.25) is 0 Å². The van der Waals surface area contributed by atoms with Crippen LogP contribution in [-0.4, -0.2) is 74.4 Å². The zero-order valence-corrected chi connectivity index (χ0v) is 29.1. The van der Waals surface area contributed by atoms with Gasteiger partial charge in [0.15, 0.2) is 0 Å². The summed E-state index contributed by atoms with van der Waals surface area (Å²) in [5, 5.41) is 6.58. The van der Waals surface area contributed by atoms with Gasteiger partial charge in [0.25, 0.3) is 0 Å². The second-order valence-electron chi connectivity index (χ2n) is 12.8. The van der Waals surface area contributed by atoms with Gasteiger partial charge < -0.3 is 19.7 Å². The molecule has 2 aromatic rings. The number of carbonyl (C=O) groups excluding carboxylic acids is 2. The van der Waals surface area contributed by atoms with Crippen molar-refractivity contribution in [3.8, 4) is 10.4 Å². The molecular weight excluding hydrogens is 623 g/mol. The summed E-state index contributed by atoms with van der Waals surface area (Å²) in [6.07, 6.45) is 5.94. The Labute approximate surface area is 272 Å². The molecule has 3 N–H and O–H groups in total. The molecule has 1 aliphatic carbocycles. The Balaban J connectivity index is 0.00000529. The summed E-state index contributed by atoms with van der Waals surface area (Å²) in [6, 6.07) is 5.16. The summed E-state index contributed by atoms with van der Waals surface area (Å²) >= 11 is 1.47. The minimum absolute atomic E-state index is 0. The number of aromatic nitrogens is 1. The van der Waals surface area contributed by atoms with Gasteiger partial charge in [-0.25, -0.2) is 27.7 Å². The number of likely N-dealkylation sites (N-methyl/N-ethyl adjacent to an activating group) is 1. The van der Waals surface area contributed by atoms with Crippen molar-refractivity contribution in [2.24, 2.45) is 0 Å². The van der Waals surface area contributed by atoms with Crippen LogP contribution < -0.4 is 15.4 Å². The maximum atomic E-state index is 13.5. The Bertz CT molecular complexity index is 1380. The smallest absolute Gasteiger partial charge is 0.411 e. The second-order valence-corrected chi connectivity index (χ2v) is 15.5. The number of nitrogens with zero attached hydrogens (tertiary/aromatic N) is 2. The third-order valence-electron chi connectivity index (χ3n) is 7.57. The monoisotopic (exact) mass is 669 g/mol. The summed E-state index contributed by atoms with van der Waals surface area (Å²) in [4.78, 5) is 32.2. The van der Waals surface area contributed by atoms with Gasteiger partial charge in [0.2, 0.25) is 10.0 Å². The molecule has 2 heterocycles. The number of rotatable bonds is 9. The first-order valence-corrected chi connectivity index (χ1v) is 17.3. The molecule has 11 nitrogen and oxygen atoms in total. The first-order chi connectivity index (χ1) is 20.2. The first kappa shape index (κ1) is 36.1. The normalized spacial score (nSPS) is 21.0. The van der Waals surface area contributed by atoms with Crippen LogP contribution >= 0.6 is 24.8 Å². The van der Waals surface area contributed by atoms with Crippen molar-refractivity contribution < 1.29 is 27.5 Å². The number of carbonyl (C=O) groups is 2. The van der Waals surface area contributed by atoms with Gasteiger partial charge in [0, 0.05) is 41.0 Å². The maximum Gasteiger partial charge on any atom is 0.411 e. The fourth-order valence-corrected chi connectivity index (χ4v) is 8.36. The van der Waals surface area contributed by atoms with E-state index in [0.717, 1.165) is 55.0 Å². The average molecular weight is 670 g/mol. The molecule has 0 bridgehead atoms. The van der Waals surface area contributed by atoms with Crippen LogP contribution in [0.4, 0.5) is 15.3 Å². The number of benzene rings is 1. The van der Waals surface area contributed by atoms with E-state index in [4.69, 9.17) is 9.47 Å². The highest BCUT2D eigenvalue weighted by atomic mass is 32.2. The van der Waals surface area contributed by atoms with Crippen molar-refractivity contribution in [3.63, 3.8) is 0 Å². The van der Waals surface area contributed by atoms with Gasteiger partial charge >= 0.3 is 12.2 Å². The van der Waals surface area contributed by atoms with Crippen LogP contribution in [0.1, 0.15) is 84.1 Å². The second kappa shape index (κ2) is 15.3. The van der Waals surface area contributed by atoms with E-state index < -0.39 is 21.7 Å². The Morgan fingerprint density at radius 3 is 2.43 bits per heavy atom. The third-order valence-corrected chi connectivity index (χ3v) is 10.6. The van der Waals surface area contributed by atoms with Crippen LogP contribution in [0.3, 0.4) is 0 Å². The number of likely N-dealkylation sites (tertiary alicyclic amines) is 1. The minimum Gasteiger partial charge on any atom is -0.448 e. The molecule has 44 heavy (non-hydrogen) atoms. The number of amides is 2. The van der Waals surface area contributed by atoms with Crippen molar-refractivity contribution >= 4 is 52.7 Å². The van der Waals surface area contributed by atoms with Crippen molar-refractivity contribution in [1.82, 2.24) is 19.9 Å². The van der Waals surface area contributed by atoms with Crippen LogP contribution in [0.25, 0.3) is 10.4 Å². The number of ether oxygens (including phenoxy) is 2. The lowest BCUT2D eigenvalue weighted by Crippen LogP contribution is -2.40. The number of thiazole rings is 1. The zero-order chi connectivity index (χ0) is 31.4. The molecule has 14 heteroatoms. The zero-order valence-electron chi connectivity index (χ0n) is 26.4. The Kier molecular flexibility index (Phi) is 12.5. The Hall–Kier alpha value is -2.39. The minimum atomic E-state index is -3.94. The van der Waals surface area contributed by atoms with E-state index in [2.05, 4.69) is 32.3 Å². The van der Waals surface area contributed by atoms with E-state index in [9.17, 15) is 18.0 Å². The number of alkyl carbamates (subject to hydrolysis) is 1. The lowest BCUT2D eigenvalue weighted by molar-refractivity contribution is 0.110. The number of hydrogen-bond acceptors (Lipinski definition) is 9. The number of anilines is 1. The van der Waals surface area contributed by atoms with Gasteiger partial charge in [0.05, 0.1) is 20.9 Å². The third kappa shape index (κ3) is 10.1. The highest BCUT2D eigenvalue weighted by Crippen LogP contribution is 2.40. The molecule has 0 unspecified atom stereocenters. The lowest BCUT2D eigenvalue weighted by Gasteiger charge is -2.28. The molecular formula is C30H47N5O6S3.